The molecule has 9 heteroatoms. The monoisotopic (exact) mass is 472 g/mol. The van der Waals surface area contributed by atoms with Crippen molar-refractivity contribution in [1.29, 1.82) is 0 Å². The van der Waals surface area contributed by atoms with Gasteiger partial charge < -0.3 is 20.3 Å². The van der Waals surface area contributed by atoms with Gasteiger partial charge in [-0.05, 0) is 29.7 Å². The quantitative estimate of drug-likeness (QED) is 0.373. The molecule has 0 saturated carbocycles. The summed E-state index contributed by atoms with van der Waals surface area (Å²) >= 11 is 7.11. The van der Waals surface area contributed by atoms with Crippen molar-refractivity contribution in [2.45, 2.75) is 31.3 Å². The molecule has 0 bridgehead atoms. The van der Waals surface area contributed by atoms with Crippen LogP contribution in [-0.2, 0) is 35.7 Å². The average Bonchev–Trinajstić information content (AvgIpc) is 3.19. The number of imidazole rings is 1. The van der Waals surface area contributed by atoms with Gasteiger partial charge in [-0.2, -0.15) is 0 Å². The lowest BCUT2D eigenvalue weighted by atomic mass is 10.1. The van der Waals surface area contributed by atoms with Gasteiger partial charge in [-0.1, -0.05) is 65.8 Å². The lowest BCUT2D eigenvalue weighted by Crippen LogP contribution is -2.29. The number of aliphatic hydroxyl groups excluding tert-OH is 1. The Labute approximate surface area is 196 Å². The van der Waals surface area contributed by atoms with Crippen LogP contribution in [0.2, 0.25) is 5.02 Å². The maximum absolute atomic E-state index is 12.4. The Bertz CT molecular complexity index is 1030. The van der Waals surface area contributed by atoms with Gasteiger partial charge in [-0.25, -0.2) is 4.98 Å². The molecule has 1 heterocycles. The number of hydrogen-bond acceptors (Lipinski definition) is 5. The molecule has 0 aliphatic heterocycles. The molecule has 3 aromatic rings. The van der Waals surface area contributed by atoms with Crippen LogP contribution in [0.3, 0.4) is 0 Å². The molecule has 2 amide bonds. The summed E-state index contributed by atoms with van der Waals surface area (Å²) in [5.41, 5.74) is 2.60. The van der Waals surface area contributed by atoms with E-state index in [9.17, 15) is 14.7 Å². The zero-order valence-electron chi connectivity index (χ0n) is 17.5. The number of nitrogens with one attached hydrogen (secondary N) is 2. The van der Waals surface area contributed by atoms with Crippen molar-refractivity contribution in [3.8, 4) is 0 Å². The summed E-state index contributed by atoms with van der Waals surface area (Å²) in [6, 6.07) is 17.2. The van der Waals surface area contributed by atoms with E-state index in [2.05, 4.69) is 15.6 Å². The van der Waals surface area contributed by atoms with Gasteiger partial charge in [0.1, 0.15) is 6.54 Å². The van der Waals surface area contributed by atoms with Crippen molar-refractivity contribution in [2.75, 3.05) is 12.3 Å². The first-order valence-electron chi connectivity index (χ1n) is 10.1. The molecule has 168 valence electrons. The van der Waals surface area contributed by atoms with Crippen LogP contribution in [0.15, 0.2) is 66.0 Å². The second-order valence-corrected chi connectivity index (χ2v) is 8.43. The Morgan fingerprint density at radius 1 is 1.00 bits per heavy atom. The van der Waals surface area contributed by atoms with Gasteiger partial charge in [-0.15, -0.1) is 0 Å². The molecule has 7 nitrogen and oxygen atoms in total. The summed E-state index contributed by atoms with van der Waals surface area (Å²) in [5, 5.41) is 16.5. The number of nitrogens with zero attached hydrogens (tertiary/aromatic N) is 2. The third-order valence-electron chi connectivity index (χ3n) is 4.68. The highest BCUT2D eigenvalue weighted by Gasteiger charge is 2.15. The Hall–Kier alpha value is -2.81. The van der Waals surface area contributed by atoms with Gasteiger partial charge in [-0.3, -0.25) is 9.59 Å². The molecule has 0 unspecified atom stereocenters. The number of carbonyl (C=O) groups excluding carboxylic acids is 2. The molecular formula is C23H25ClN4O3S. The summed E-state index contributed by atoms with van der Waals surface area (Å²) in [4.78, 5) is 28.9. The first-order valence-corrected chi connectivity index (χ1v) is 11.5. The molecule has 3 N–H and O–H groups in total. The van der Waals surface area contributed by atoms with Crippen molar-refractivity contribution in [2.24, 2.45) is 0 Å². The summed E-state index contributed by atoms with van der Waals surface area (Å²) in [5.74, 6) is -0.164. The molecule has 2 aromatic carbocycles. The van der Waals surface area contributed by atoms with E-state index >= 15 is 0 Å². The molecule has 0 saturated heterocycles. The lowest BCUT2D eigenvalue weighted by molar-refractivity contribution is -0.122. The second-order valence-electron chi connectivity index (χ2n) is 7.05. The fourth-order valence-corrected chi connectivity index (χ4v) is 3.93. The van der Waals surface area contributed by atoms with Crippen LogP contribution in [0.25, 0.3) is 0 Å². The van der Waals surface area contributed by atoms with E-state index in [4.69, 9.17) is 11.6 Å². The normalized spacial score (nSPS) is 10.7. The number of thioether (sulfide) groups is 1. The highest BCUT2D eigenvalue weighted by Crippen LogP contribution is 2.19. The number of hydrogen-bond donors (Lipinski definition) is 3. The molecule has 0 aliphatic rings. The Kier molecular flexibility index (Phi) is 9.15. The van der Waals surface area contributed by atoms with Gasteiger partial charge in [0.25, 0.3) is 0 Å². The highest BCUT2D eigenvalue weighted by molar-refractivity contribution is 7.99. The van der Waals surface area contributed by atoms with Crippen molar-refractivity contribution < 1.29 is 14.7 Å². The minimum absolute atomic E-state index is 0.00143. The summed E-state index contributed by atoms with van der Waals surface area (Å²) in [6.07, 6.45) is 2.27. The van der Waals surface area contributed by atoms with Gasteiger partial charge in [0.05, 0.1) is 24.3 Å². The van der Waals surface area contributed by atoms with Gasteiger partial charge in [0, 0.05) is 18.1 Å². The molecule has 0 atom stereocenters. The second kappa shape index (κ2) is 12.3. The fourth-order valence-electron chi connectivity index (χ4n) is 2.98. The minimum Gasteiger partial charge on any atom is -0.390 e. The number of rotatable bonds is 11. The van der Waals surface area contributed by atoms with Crippen molar-refractivity contribution in [3.63, 3.8) is 0 Å². The average molecular weight is 473 g/mol. The molecule has 0 aliphatic carbocycles. The van der Waals surface area contributed by atoms with E-state index in [-0.39, 0.29) is 30.7 Å². The number of benzene rings is 2. The van der Waals surface area contributed by atoms with E-state index < -0.39 is 0 Å². The lowest BCUT2D eigenvalue weighted by Gasteiger charge is -2.11. The maximum Gasteiger partial charge on any atom is 0.240 e. The predicted molar refractivity (Wildman–Crippen MR) is 125 cm³/mol. The van der Waals surface area contributed by atoms with Crippen LogP contribution < -0.4 is 10.6 Å². The Balaban J connectivity index is 1.48. The van der Waals surface area contributed by atoms with Crippen molar-refractivity contribution >= 4 is 35.2 Å². The predicted octanol–water partition coefficient (Wildman–Crippen LogP) is 2.80. The zero-order chi connectivity index (χ0) is 22.8. The first kappa shape index (κ1) is 23.8. The SMILES string of the molecule is O=C(CSc1ncc(CO)n1CC(=O)NCc1ccc(Cl)cc1)NCCc1ccccc1. The van der Waals surface area contributed by atoms with E-state index in [0.717, 1.165) is 17.5 Å². The molecule has 32 heavy (non-hydrogen) atoms. The zero-order valence-corrected chi connectivity index (χ0v) is 19.0. The maximum atomic E-state index is 12.4. The first-order chi connectivity index (χ1) is 15.5. The van der Waals surface area contributed by atoms with Crippen LogP contribution >= 0.6 is 23.4 Å². The van der Waals surface area contributed by atoms with Gasteiger partial charge in [0.15, 0.2) is 5.16 Å². The third-order valence-corrected chi connectivity index (χ3v) is 5.92. The van der Waals surface area contributed by atoms with Crippen LogP contribution in [0.4, 0.5) is 0 Å². The van der Waals surface area contributed by atoms with Crippen molar-refractivity contribution in [1.82, 2.24) is 20.2 Å². The molecule has 0 fully saturated rings. The topological polar surface area (TPSA) is 96.2 Å². The molecule has 3 rings (SSSR count). The Morgan fingerprint density at radius 2 is 1.75 bits per heavy atom. The van der Waals surface area contributed by atoms with Crippen LogP contribution in [0.1, 0.15) is 16.8 Å². The van der Waals surface area contributed by atoms with E-state index in [1.165, 1.54) is 18.0 Å². The van der Waals surface area contributed by atoms with Crippen LogP contribution in [0.5, 0.6) is 0 Å². The fraction of sp³-hybridized carbons (Fsp3) is 0.261. The van der Waals surface area contributed by atoms with Gasteiger partial charge >= 0.3 is 0 Å². The van der Waals surface area contributed by atoms with E-state index in [0.29, 0.717) is 29.0 Å². The standard InChI is InChI=1S/C23H25ClN4O3S/c24-19-8-6-18(7-9-19)12-26-21(30)14-28-20(15-29)13-27-23(28)32-16-22(31)25-11-10-17-4-2-1-3-5-17/h1-9,13,29H,10-12,14-16H2,(H,25,31)(H,26,30). The molecular weight excluding hydrogens is 448 g/mol. The van der Waals surface area contributed by atoms with Gasteiger partial charge in [0.2, 0.25) is 11.8 Å². The highest BCUT2D eigenvalue weighted by atomic mass is 35.5. The van der Waals surface area contributed by atoms with E-state index in [1.54, 1.807) is 16.7 Å². The number of halogens is 1. The summed E-state index contributed by atoms with van der Waals surface area (Å²) in [6.45, 7) is 0.668. The van der Waals surface area contributed by atoms with Crippen LogP contribution in [-0.4, -0.2) is 38.8 Å². The molecule has 0 spiro atoms. The largest absolute Gasteiger partial charge is 0.390 e. The number of carbonyl (C=O) groups is 2. The molecule has 0 radical (unpaired) electrons. The molecule has 1 aromatic heterocycles. The number of aliphatic hydroxyl groups is 1. The number of aromatic nitrogens is 2. The van der Waals surface area contributed by atoms with Crippen molar-refractivity contribution in [3.05, 3.63) is 82.6 Å². The van der Waals surface area contributed by atoms with Crippen LogP contribution in [0, 0.1) is 0 Å². The smallest absolute Gasteiger partial charge is 0.240 e. The minimum atomic E-state index is -0.249. The third kappa shape index (κ3) is 7.40. The number of amides is 2. The van der Waals surface area contributed by atoms with E-state index in [1.807, 2.05) is 42.5 Å². The summed E-state index contributed by atoms with van der Waals surface area (Å²) in [7, 11) is 0. The summed E-state index contributed by atoms with van der Waals surface area (Å²) < 4.78 is 1.62. The Morgan fingerprint density at radius 3 is 2.47 bits per heavy atom.